The van der Waals surface area contributed by atoms with Crippen molar-refractivity contribution in [3.8, 4) is 5.75 Å². The standard InChI is InChI=1S/C24H24N2O4S/c1-17-4-10-20(11-5-17)30-14-12-25-23(28)18-6-8-19(9-7-18)24-26(22(27)16-31-24)15-21-3-2-13-29-21/h2-11,13,24H,12,14-16H2,1H3,(H,25,28)/t24-/m1/s1. The molecule has 0 unspecified atom stereocenters. The molecule has 0 bridgehead atoms. The van der Waals surface area contributed by atoms with Gasteiger partial charge in [0.05, 0.1) is 25.1 Å². The SMILES string of the molecule is Cc1ccc(OCCNC(=O)c2ccc([C@H]3SCC(=O)N3Cc3ccco3)cc2)cc1. The molecule has 0 saturated carbocycles. The zero-order valence-electron chi connectivity index (χ0n) is 17.2. The van der Waals surface area contributed by atoms with Gasteiger partial charge in [-0.3, -0.25) is 9.59 Å². The van der Waals surface area contributed by atoms with Gasteiger partial charge >= 0.3 is 0 Å². The molecular weight excluding hydrogens is 412 g/mol. The second kappa shape index (κ2) is 9.75. The van der Waals surface area contributed by atoms with Gasteiger partial charge < -0.3 is 19.4 Å². The lowest BCUT2D eigenvalue weighted by atomic mass is 10.1. The molecule has 1 saturated heterocycles. The monoisotopic (exact) mass is 436 g/mol. The maximum absolute atomic E-state index is 12.4. The molecule has 2 amide bonds. The fourth-order valence-corrected chi connectivity index (χ4v) is 4.53. The number of ether oxygens (including phenoxy) is 1. The third kappa shape index (κ3) is 5.30. The third-order valence-corrected chi connectivity index (χ3v) is 6.27. The van der Waals surface area contributed by atoms with Crippen molar-refractivity contribution >= 4 is 23.6 Å². The summed E-state index contributed by atoms with van der Waals surface area (Å²) < 4.78 is 11.0. The van der Waals surface area contributed by atoms with Gasteiger partial charge in [-0.1, -0.05) is 29.8 Å². The summed E-state index contributed by atoms with van der Waals surface area (Å²) in [4.78, 5) is 26.5. The van der Waals surface area contributed by atoms with Gasteiger partial charge in [-0.15, -0.1) is 11.8 Å². The van der Waals surface area contributed by atoms with E-state index in [-0.39, 0.29) is 17.2 Å². The van der Waals surface area contributed by atoms with Crippen LogP contribution in [-0.4, -0.2) is 35.6 Å². The van der Waals surface area contributed by atoms with Crippen molar-refractivity contribution in [3.63, 3.8) is 0 Å². The molecule has 4 rings (SSSR count). The van der Waals surface area contributed by atoms with Crippen molar-refractivity contribution in [1.82, 2.24) is 10.2 Å². The highest BCUT2D eigenvalue weighted by molar-refractivity contribution is 8.00. The maximum Gasteiger partial charge on any atom is 0.251 e. The topological polar surface area (TPSA) is 71.8 Å². The molecule has 7 heteroatoms. The Morgan fingerprint density at radius 1 is 1.16 bits per heavy atom. The number of carbonyl (C=O) groups is 2. The van der Waals surface area contributed by atoms with Crippen LogP contribution in [0.5, 0.6) is 5.75 Å². The lowest BCUT2D eigenvalue weighted by Crippen LogP contribution is -2.28. The Morgan fingerprint density at radius 2 is 1.94 bits per heavy atom. The summed E-state index contributed by atoms with van der Waals surface area (Å²) in [6.45, 7) is 3.27. The highest BCUT2D eigenvalue weighted by atomic mass is 32.2. The van der Waals surface area contributed by atoms with Crippen LogP contribution in [0.3, 0.4) is 0 Å². The van der Waals surface area contributed by atoms with Crippen LogP contribution in [0.4, 0.5) is 0 Å². The summed E-state index contributed by atoms with van der Waals surface area (Å²) in [6.07, 6.45) is 1.61. The van der Waals surface area contributed by atoms with E-state index in [0.717, 1.165) is 17.1 Å². The molecule has 1 aliphatic rings. The zero-order valence-corrected chi connectivity index (χ0v) is 18.1. The molecule has 1 aromatic heterocycles. The summed E-state index contributed by atoms with van der Waals surface area (Å²) in [6, 6.07) is 18.9. The first kappa shape index (κ1) is 21.1. The summed E-state index contributed by atoms with van der Waals surface area (Å²) in [5.74, 6) is 1.91. The first-order chi connectivity index (χ1) is 15.1. The molecule has 1 N–H and O–H groups in total. The van der Waals surface area contributed by atoms with Crippen molar-refractivity contribution in [2.45, 2.75) is 18.8 Å². The number of amides is 2. The molecule has 6 nitrogen and oxygen atoms in total. The van der Waals surface area contributed by atoms with Crippen molar-refractivity contribution in [2.24, 2.45) is 0 Å². The fraction of sp³-hybridized carbons (Fsp3) is 0.250. The summed E-state index contributed by atoms with van der Waals surface area (Å²) >= 11 is 1.58. The van der Waals surface area contributed by atoms with Crippen molar-refractivity contribution in [1.29, 1.82) is 0 Å². The third-order valence-electron chi connectivity index (χ3n) is 5.01. The van der Waals surface area contributed by atoms with Gasteiger partial charge in [-0.2, -0.15) is 0 Å². The van der Waals surface area contributed by atoms with E-state index in [4.69, 9.17) is 9.15 Å². The molecule has 3 aromatic rings. The summed E-state index contributed by atoms with van der Waals surface area (Å²) in [5, 5.41) is 2.78. The molecule has 0 spiro atoms. The van der Waals surface area contributed by atoms with Gasteiger partial charge in [0.2, 0.25) is 5.91 Å². The quantitative estimate of drug-likeness (QED) is 0.537. The molecule has 1 atom stereocenters. The number of benzene rings is 2. The number of carbonyl (C=O) groups excluding carboxylic acids is 2. The Labute approximate surface area is 185 Å². The number of aryl methyl sites for hydroxylation is 1. The number of nitrogens with zero attached hydrogens (tertiary/aromatic N) is 1. The molecule has 2 aromatic carbocycles. The van der Waals surface area contributed by atoms with Gasteiger partial charge in [0, 0.05) is 5.56 Å². The number of furan rings is 1. The van der Waals surface area contributed by atoms with Crippen LogP contribution < -0.4 is 10.1 Å². The first-order valence-corrected chi connectivity index (χ1v) is 11.2. The van der Waals surface area contributed by atoms with Gasteiger partial charge in [0.25, 0.3) is 5.91 Å². The van der Waals surface area contributed by atoms with E-state index in [0.29, 0.717) is 31.0 Å². The van der Waals surface area contributed by atoms with Crippen LogP contribution in [0.1, 0.15) is 32.6 Å². The van der Waals surface area contributed by atoms with Gasteiger partial charge in [0.15, 0.2) is 0 Å². The zero-order chi connectivity index (χ0) is 21.6. The number of thioether (sulfide) groups is 1. The minimum Gasteiger partial charge on any atom is -0.492 e. The Hall–Kier alpha value is -3.19. The second-order valence-corrected chi connectivity index (χ2v) is 8.37. The number of hydrogen-bond donors (Lipinski definition) is 1. The van der Waals surface area contributed by atoms with Crippen molar-refractivity contribution < 1.29 is 18.7 Å². The van der Waals surface area contributed by atoms with Crippen molar-refractivity contribution in [2.75, 3.05) is 18.9 Å². The number of rotatable bonds is 8. The van der Waals surface area contributed by atoms with E-state index >= 15 is 0 Å². The van der Waals surface area contributed by atoms with Crippen LogP contribution in [0.15, 0.2) is 71.3 Å². The van der Waals surface area contributed by atoms with E-state index in [1.165, 1.54) is 5.56 Å². The Morgan fingerprint density at radius 3 is 2.65 bits per heavy atom. The fourth-order valence-electron chi connectivity index (χ4n) is 3.34. The van der Waals surface area contributed by atoms with E-state index in [1.54, 1.807) is 35.1 Å². The van der Waals surface area contributed by atoms with Crippen LogP contribution in [0.2, 0.25) is 0 Å². The average molecular weight is 437 g/mol. The number of nitrogens with one attached hydrogen (secondary N) is 1. The summed E-state index contributed by atoms with van der Waals surface area (Å²) in [5.41, 5.74) is 2.74. The van der Waals surface area contributed by atoms with E-state index in [9.17, 15) is 9.59 Å². The molecule has 0 aliphatic carbocycles. The molecule has 0 radical (unpaired) electrons. The van der Waals surface area contributed by atoms with Crippen LogP contribution in [0, 0.1) is 6.92 Å². The Balaban J connectivity index is 1.30. The normalized spacial score (nSPS) is 15.8. The maximum atomic E-state index is 12.4. The van der Waals surface area contributed by atoms with Gasteiger partial charge in [-0.25, -0.2) is 0 Å². The second-order valence-electron chi connectivity index (χ2n) is 7.30. The van der Waals surface area contributed by atoms with E-state index < -0.39 is 0 Å². The largest absolute Gasteiger partial charge is 0.492 e. The molecule has 1 fully saturated rings. The number of hydrogen-bond acceptors (Lipinski definition) is 5. The van der Waals surface area contributed by atoms with Gasteiger partial charge in [0.1, 0.15) is 23.5 Å². The first-order valence-electron chi connectivity index (χ1n) is 10.1. The van der Waals surface area contributed by atoms with Crippen molar-refractivity contribution in [3.05, 3.63) is 89.4 Å². The Bertz CT molecular complexity index is 1020. The van der Waals surface area contributed by atoms with Gasteiger partial charge in [-0.05, 0) is 48.9 Å². The van der Waals surface area contributed by atoms with Crippen LogP contribution in [-0.2, 0) is 11.3 Å². The lowest BCUT2D eigenvalue weighted by Gasteiger charge is -2.23. The lowest BCUT2D eigenvalue weighted by molar-refractivity contribution is -0.128. The summed E-state index contributed by atoms with van der Waals surface area (Å²) in [7, 11) is 0. The van der Waals surface area contributed by atoms with Crippen LogP contribution >= 0.6 is 11.8 Å². The van der Waals surface area contributed by atoms with E-state index in [1.807, 2.05) is 55.5 Å². The highest BCUT2D eigenvalue weighted by Gasteiger charge is 2.33. The molecule has 160 valence electrons. The minimum absolute atomic E-state index is 0.0850. The molecule has 1 aliphatic heterocycles. The molecular formula is C24H24N2O4S. The molecule has 31 heavy (non-hydrogen) atoms. The highest BCUT2D eigenvalue weighted by Crippen LogP contribution is 2.39. The predicted molar refractivity (Wildman–Crippen MR) is 120 cm³/mol. The Kier molecular flexibility index (Phi) is 6.62. The average Bonchev–Trinajstić information content (AvgIpc) is 3.43. The minimum atomic E-state index is -0.151. The predicted octanol–water partition coefficient (Wildman–Crippen LogP) is 4.17. The smallest absolute Gasteiger partial charge is 0.251 e. The van der Waals surface area contributed by atoms with E-state index in [2.05, 4.69) is 5.32 Å². The molecule has 2 heterocycles. The van der Waals surface area contributed by atoms with Crippen LogP contribution in [0.25, 0.3) is 0 Å².